The Balaban J connectivity index is 5.96. The second-order valence-corrected chi connectivity index (χ2v) is 23.1. The van der Waals surface area contributed by atoms with Gasteiger partial charge >= 0.3 is 12.1 Å². The van der Waals surface area contributed by atoms with Gasteiger partial charge in [0.15, 0.2) is 16.6 Å². The summed E-state index contributed by atoms with van der Waals surface area (Å²) in [5.74, 6) is -1.69. The summed E-state index contributed by atoms with van der Waals surface area (Å²) in [6, 6.07) is -0.439. The predicted octanol–water partition coefficient (Wildman–Crippen LogP) is 6.79. The molecule has 0 rings (SSSR count). The molecule has 0 unspecified atom stereocenters. The van der Waals surface area contributed by atoms with Gasteiger partial charge in [0.25, 0.3) is 0 Å². The molecule has 34 heavy (non-hydrogen) atoms. The van der Waals surface area contributed by atoms with E-state index < -0.39 is 58.5 Å². The second-order valence-electron chi connectivity index (χ2n) is 13.6. The molecule has 0 fully saturated rings. The molecule has 7 nitrogen and oxygen atoms in total. The van der Waals surface area contributed by atoms with Gasteiger partial charge in [-0.05, 0) is 77.3 Å². The lowest BCUT2D eigenvalue weighted by atomic mass is 9.94. The standard InChI is InChI=1S/C25H53NO6Si2/c1-17(26-22(29)30-23(3,4)5)20(32-34(14,15)25(9,10)11)16-19(21(27)28)18(2)31-33(12,13)24(6,7)8/h17-20H,16H2,1-15H3,(H,26,29)(H,27,28)/t17-,18-,19-,20+/m0/s1. The normalized spacial score (nSPS) is 17.5. The number of aliphatic carboxylic acids is 1. The van der Waals surface area contributed by atoms with Crippen molar-refractivity contribution in [1.82, 2.24) is 5.32 Å². The maximum atomic E-state index is 12.5. The highest BCUT2D eigenvalue weighted by molar-refractivity contribution is 6.74. The number of carbonyl (C=O) groups is 2. The van der Waals surface area contributed by atoms with Crippen molar-refractivity contribution in [3.8, 4) is 0 Å². The van der Waals surface area contributed by atoms with Crippen LogP contribution in [0.1, 0.15) is 82.6 Å². The lowest BCUT2D eigenvalue weighted by molar-refractivity contribution is -0.146. The monoisotopic (exact) mass is 519 g/mol. The van der Waals surface area contributed by atoms with Gasteiger partial charge in [-0.25, -0.2) is 4.79 Å². The number of hydrogen-bond acceptors (Lipinski definition) is 5. The molecule has 0 aromatic carbocycles. The minimum absolute atomic E-state index is 0.0348. The van der Waals surface area contributed by atoms with Crippen LogP contribution in [0.25, 0.3) is 0 Å². The zero-order valence-electron chi connectivity index (χ0n) is 24.5. The molecule has 0 aromatic rings. The third-order valence-electron chi connectivity index (χ3n) is 7.21. The number of ether oxygens (including phenoxy) is 1. The highest BCUT2D eigenvalue weighted by atomic mass is 28.4. The average molecular weight is 520 g/mol. The Labute approximate surface area is 211 Å². The molecule has 0 saturated carbocycles. The minimum Gasteiger partial charge on any atom is -0.481 e. The summed E-state index contributed by atoms with van der Waals surface area (Å²) in [4.78, 5) is 24.9. The van der Waals surface area contributed by atoms with Gasteiger partial charge in [0, 0.05) is 0 Å². The van der Waals surface area contributed by atoms with E-state index in [0.717, 1.165) is 0 Å². The fourth-order valence-electron chi connectivity index (χ4n) is 2.96. The van der Waals surface area contributed by atoms with Crippen molar-refractivity contribution in [3.63, 3.8) is 0 Å². The van der Waals surface area contributed by atoms with E-state index in [1.165, 1.54) is 0 Å². The van der Waals surface area contributed by atoms with E-state index >= 15 is 0 Å². The number of carbonyl (C=O) groups excluding carboxylic acids is 1. The van der Waals surface area contributed by atoms with Crippen molar-refractivity contribution >= 4 is 28.7 Å². The van der Waals surface area contributed by atoms with Gasteiger partial charge in [-0.2, -0.15) is 0 Å². The van der Waals surface area contributed by atoms with Gasteiger partial charge in [-0.3, -0.25) is 4.79 Å². The fourth-order valence-corrected chi connectivity index (χ4v) is 5.82. The molecule has 0 aliphatic carbocycles. The van der Waals surface area contributed by atoms with Crippen molar-refractivity contribution in [2.24, 2.45) is 5.92 Å². The number of alkyl carbamates (subject to hydrolysis) is 1. The largest absolute Gasteiger partial charge is 0.481 e. The summed E-state index contributed by atoms with van der Waals surface area (Å²) in [5, 5.41) is 12.9. The van der Waals surface area contributed by atoms with E-state index in [1.54, 1.807) is 20.8 Å². The molecule has 0 bridgehead atoms. The Hall–Kier alpha value is -0.906. The highest BCUT2D eigenvalue weighted by Gasteiger charge is 2.44. The first kappa shape index (κ1) is 33.1. The van der Waals surface area contributed by atoms with Crippen LogP contribution < -0.4 is 5.32 Å². The van der Waals surface area contributed by atoms with Crippen LogP contribution in [0.3, 0.4) is 0 Å². The highest BCUT2D eigenvalue weighted by Crippen LogP contribution is 2.40. The number of hydrogen-bond donors (Lipinski definition) is 2. The number of carboxylic acid groups (broad SMARTS) is 1. The molecular formula is C25H53NO6Si2. The zero-order valence-corrected chi connectivity index (χ0v) is 26.5. The first-order valence-corrected chi connectivity index (χ1v) is 18.2. The van der Waals surface area contributed by atoms with Crippen LogP contribution in [-0.4, -0.2) is 57.7 Å². The minimum atomic E-state index is -2.26. The first-order valence-electron chi connectivity index (χ1n) is 12.4. The Morgan fingerprint density at radius 3 is 1.59 bits per heavy atom. The van der Waals surface area contributed by atoms with Crippen molar-refractivity contribution in [3.05, 3.63) is 0 Å². The van der Waals surface area contributed by atoms with Crippen LogP contribution in [0.5, 0.6) is 0 Å². The first-order chi connectivity index (χ1) is 14.8. The summed E-state index contributed by atoms with van der Waals surface area (Å²) in [6.07, 6.45) is -1.30. The van der Waals surface area contributed by atoms with E-state index in [-0.39, 0.29) is 16.5 Å². The number of amides is 1. The van der Waals surface area contributed by atoms with Crippen LogP contribution in [0.4, 0.5) is 4.79 Å². The molecule has 0 saturated heterocycles. The zero-order chi connectivity index (χ0) is 27.5. The SMILES string of the molecule is C[C@H](NC(=O)OC(C)(C)C)[C@@H](C[C@H](C(=O)O)[C@H](C)O[Si](C)(C)C(C)(C)C)O[Si](C)(C)C(C)(C)C. The van der Waals surface area contributed by atoms with Gasteiger partial charge in [0.2, 0.25) is 0 Å². The lowest BCUT2D eigenvalue weighted by Gasteiger charge is -2.43. The van der Waals surface area contributed by atoms with E-state index in [0.29, 0.717) is 0 Å². The van der Waals surface area contributed by atoms with Gasteiger partial charge in [-0.1, -0.05) is 41.5 Å². The van der Waals surface area contributed by atoms with Crippen molar-refractivity contribution in [1.29, 1.82) is 0 Å². The number of carboxylic acids is 1. The van der Waals surface area contributed by atoms with E-state index in [2.05, 4.69) is 73.0 Å². The third kappa shape index (κ3) is 10.4. The number of nitrogens with one attached hydrogen (secondary N) is 1. The van der Waals surface area contributed by atoms with Gasteiger partial charge in [0.05, 0.1) is 24.2 Å². The molecule has 0 heterocycles. The third-order valence-corrected chi connectivity index (χ3v) is 16.3. The lowest BCUT2D eigenvalue weighted by Crippen LogP contribution is -2.53. The van der Waals surface area contributed by atoms with Gasteiger partial charge in [0.1, 0.15) is 5.60 Å². The fraction of sp³-hybridized carbons (Fsp3) is 0.920. The predicted molar refractivity (Wildman–Crippen MR) is 144 cm³/mol. The number of rotatable bonds is 10. The van der Waals surface area contributed by atoms with Crippen LogP contribution in [-0.2, 0) is 18.4 Å². The molecule has 9 heteroatoms. The van der Waals surface area contributed by atoms with Crippen molar-refractivity contribution in [2.75, 3.05) is 0 Å². The molecule has 0 aromatic heterocycles. The molecule has 4 atom stereocenters. The van der Waals surface area contributed by atoms with Crippen LogP contribution in [0, 0.1) is 5.92 Å². The maximum absolute atomic E-state index is 12.5. The quantitative estimate of drug-likeness (QED) is 0.309. The Bertz CT molecular complexity index is 689. The van der Waals surface area contributed by atoms with Crippen LogP contribution in [0.2, 0.25) is 36.3 Å². The summed E-state index contributed by atoms with van der Waals surface area (Å²) in [5.41, 5.74) is -0.630. The van der Waals surface area contributed by atoms with Crippen molar-refractivity contribution < 1.29 is 28.3 Å². The van der Waals surface area contributed by atoms with Gasteiger partial charge in [-0.15, -0.1) is 0 Å². The van der Waals surface area contributed by atoms with Crippen LogP contribution >= 0.6 is 0 Å². The van der Waals surface area contributed by atoms with E-state index in [9.17, 15) is 14.7 Å². The van der Waals surface area contributed by atoms with Crippen molar-refractivity contribution in [2.45, 2.75) is 143 Å². The molecule has 0 aliphatic heterocycles. The summed E-state index contributed by atoms with van der Waals surface area (Å²) >= 11 is 0. The van der Waals surface area contributed by atoms with Crippen LogP contribution in [0.15, 0.2) is 0 Å². The Morgan fingerprint density at radius 1 is 0.824 bits per heavy atom. The summed E-state index contributed by atoms with van der Waals surface area (Å²) in [6.45, 7) is 30.4. The molecule has 1 amide bonds. The van der Waals surface area contributed by atoms with E-state index in [4.69, 9.17) is 13.6 Å². The van der Waals surface area contributed by atoms with Gasteiger partial charge < -0.3 is 24.0 Å². The molecule has 0 aliphatic rings. The molecular weight excluding hydrogens is 466 g/mol. The molecule has 2 N–H and O–H groups in total. The Kier molecular flexibility index (Phi) is 11.1. The maximum Gasteiger partial charge on any atom is 0.407 e. The second kappa shape index (κ2) is 11.4. The topological polar surface area (TPSA) is 94.1 Å². The molecule has 202 valence electrons. The molecule has 0 radical (unpaired) electrons. The summed E-state index contributed by atoms with van der Waals surface area (Å²) < 4.78 is 18.6. The smallest absolute Gasteiger partial charge is 0.407 e. The average Bonchev–Trinajstić information content (AvgIpc) is 2.53. The molecule has 0 spiro atoms. The van der Waals surface area contributed by atoms with E-state index in [1.807, 2.05) is 13.8 Å². The Morgan fingerprint density at radius 2 is 1.24 bits per heavy atom. The summed E-state index contributed by atoms with van der Waals surface area (Å²) in [7, 11) is -4.43.